The minimum absolute atomic E-state index is 0. The molecule has 0 bridgehead atoms. The monoisotopic (exact) mass is 2040 g/mol. The second-order valence-electron chi connectivity index (χ2n) is 26.1. The zero-order chi connectivity index (χ0) is 68.0. The van der Waals surface area contributed by atoms with E-state index in [0.717, 1.165) is 91.3 Å². The van der Waals surface area contributed by atoms with Crippen molar-refractivity contribution in [1.29, 1.82) is 0 Å². The predicted molar refractivity (Wildman–Crippen MR) is 406 cm³/mol. The molecule has 0 aliphatic carbocycles. The fraction of sp³-hybridized carbons (Fsp3) is 0.152. The molecule has 6 aromatic heterocycles. The van der Waals surface area contributed by atoms with E-state index in [4.69, 9.17) is 15.0 Å². The van der Waals surface area contributed by atoms with Gasteiger partial charge in [0.15, 0.2) is 0 Å². The van der Waals surface area contributed by atoms with Gasteiger partial charge in [0.2, 0.25) is 0 Å². The van der Waals surface area contributed by atoms with E-state index in [9.17, 15) is 0 Å². The zero-order valence-electron chi connectivity index (χ0n) is 59.1. The molecule has 6 heterocycles. The second kappa shape index (κ2) is 34.5. The van der Waals surface area contributed by atoms with Crippen LogP contribution in [0.1, 0.15) is 83.7 Å². The normalized spacial score (nSPS) is 10.9. The van der Waals surface area contributed by atoms with Crippen LogP contribution in [0.25, 0.3) is 134 Å². The van der Waals surface area contributed by atoms with Crippen LogP contribution in [-0.4, -0.2) is 29.9 Å². The van der Waals surface area contributed by atoms with E-state index in [1.165, 1.54) is 106 Å². The summed E-state index contributed by atoms with van der Waals surface area (Å²) in [5, 5.41) is 0. The molecule has 516 valence electrons. The van der Waals surface area contributed by atoms with Crippen molar-refractivity contribution >= 4 is 0 Å². The van der Waals surface area contributed by atoms with Crippen LogP contribution < -0.4 is 0 Å². The zero-order valence-corrected chi connectivity index (χ0v) is 68.7. The molecule has 0 aliphatic rings. The first-order valence-corrected chi connectivity index (χ1v) is 33.8. The number of rotatable bonds is 15. The van der Waals surface area contributed by atoms with E-state index in [1.54, 1.807) is 24.8 Å². The van der Waals surface area contributed by atoms with Crippen molar-refractivity contribution in [3.8, 4) is 134 Å². The summed E-state index contributed by atoms with van der Waals surface area (Å²) in [7, 11) is 0. The van der Waals surface area contributed by atoms with Crippen LogP contribution in [0.4, 0.5) is 0 Å². The summed E-state index contributed by atoms with van der Waals surface area (Å²) in [6, 6.07) is 83.7. The van der Waals surface area contributed by atoms with Gasteiger partial charge < -0.3 is 29.9 Å². The number of aromatic nitrogens is 6. The molecule has 6 nitrogen and oxygen atoms in total. The summed E-state index contributed by atoms with van der Waals surface area (Å²) >= 11 is 0. The SMILES string of the molecule is CCCC(C)(C)c1ccnc(-c2[c-]cc(-c3ccccc3-c3c(C)c(C)c(-c4ccccc4-c4c[c-]c(-c5ccccn5)cc4)c(C)c3C)cc2)c1.Cc1c(C)c(-c2ccccc2-c2ccc(-c3[c-]ccnc3)nc2)c(C)c(C)c1-c1ccccc1-c1ccc(-c2[c-]ccnc2)nc1.[Ir].[Ir].[Ir].[Ir]. The average Bonchev–Trinajstić information content (AvgIpc) is 0.753. The Morgan fingerprint density at radius 3 is 0.971 bits per heavy atom. The van der Waals surface area contributed by atoms with Crippen molar-refractivity contribution in [2.75, 3.05) is 0 Å². The topological polar surface area (TPSA) is 77.3 Å². The fourth-order valence-electron chi connectivity index (χ4n) is 14.2. The van der Waals surface area contributed by atoms with Crippen LogP contribution >= 0.6 is 0 Å². The Balaban J connectivity index is 0.000000230. The standard InChI is InChI=1S/C50H46N2.C42H32N4.4Ir/c1-8-29-50(6,7)41-28-31-52-47(32-41)40-26-22-38(23-27-40)43-16-10-12-18-45(43)49-35(4)33(2)48(34(3)36(49)5)44-17-11-9-15-42(44)37-20-24-39(25-21-37)46-19-13-14-30-51-46;1-27-28(2)42(38-16-8-6-14-36(38)32-18-20-40(46-26-32)34-12-10-22-44-24-34)30(4)29(3)41(27)37-15-7-5-13-35(37)31-17-19-39(45-25-31)33-11-9-21-43-23-33;;;;/h9-24,26,28,30-32H,8,29H2,1-7H3;5-10,13-26H,1-4H3;;;;/q2*-2;;;;. The van der Waals surface area contributed by atoms with E-state index in [2.05, 4.69) is 273 Å². The van der Waals surface area contributed by atoms with E-state index >= 15 is 0 Å². The molecular weight excluding hydrogens is 1960 g/mol. The Hall–Kier alpha value is -8.74. The average molecular weight is 2040 g/mol. The van der Waals surface area contributed by atoms with Crippen LogP contribution in [0.15, 0.2) is 250 Å². The molecule has 0 unspecified atom stereocenters. The first-order valence-electron chi connectivity index (χ1n) is 33.8. The Kier molecular flexibility index (Phi) is 26.2. The molecule has 0 amide bonds. The van der Waals surface area contributed by atoms with Gasteiger partial charge in [0.1, 0.15) is 0 Å². The quantitative estimate of drug-likeness (QED) is 0.0952. The van der Waals surface area contributed by atoms with Crippen molar-refractivity contribution in [3.63, 3.8) is 0 Å². The second-order valence-corrected chi connectivity index (χ2v) is 26.1. The van der Waals surface area contributed by atoms with Crippen molar-refractivity contribution in [1.82, 2.24) is 29.9 Å². The molecule has 0 fully saturated rings. The van der Waals surface area contributed by atoms with Gasteiger partial charge in [-0.1, -0.05) is 214 Å². The van der Waals surface area contributed by atoms with Crippen molar-refractivity contribution in [2.24, 2.45) is 0 Å². The van der Waals surface area contributed by atoms with Gasteiger partial charge in [-0.3, -0.25) is 0 Å². The third-order valence-electron chi connectivity index (χ3n) is 19.8. The summed E-state index contributed by atoms with van der Waals surface area (Å²) in [4.78, 5) is 27.2. The van der Waals surface area contributed by atoms with Gasteiger partial charge in [0.25, 0.3) is 0 Å². The molecule has 0 N–H and O–H groups in total. The van der Waals surface area contributed by atoms with Crippen LogP contribution in [0.3, 0.4) is 0 Å². The first-order chi connectivity index (χ1) is 47.7. The summed E-state index contributed by atoms with van der Waals surface area (Å²) in [6.45, 7) is 25.0. The van der Waals surface area contributed by atoms with E-state index in [1.807, 2.05) is 67.3 Å². The molecule has 0 saturated carbocycles. The van der Waals surface area contributed by atoms with Crippen LogP contribution in [-0.2, 0) is 85.8 Å². The number of benzene rings is 8. The maximum absolute atomic E-state index is 4.77. The first kappa shape index (κ1) is 77.4. The Bertz CT molecular complexity index is 4960. The summed E-state index contributed by atoms with van der Waals surface area (Å²) in [5.41, 5.74) is 38.3. The summed E-state index contributed by atoms with van der Waals surface area (Å²) in [6.07, 6.45) is 17.0. The number of hydrogen-bond acceptors (Lipinski definition) is 6. The van der Waals surface area contributed by atoms with Gasteiger partial charge in [-0.05, 0) is 219 Å². The van der Waals surface area contributed by atoms with Gasteiger partial charge in [-0.15, -0.1) is 95.1 Å². The summed E-state index contributed by atoms with van der Waals surface area (Å²) < 4.78 is 0. The Morgan fingerprint density at radius 1 is 0.304 bits per heavy atom. The molecular formula is C92H78Ir4N6-4. The number of hydrogen-bond donors (Lipinski definition) is 0. The van der Waals surface area contributed by atoms with Gasteiger partial charge in [-0.2, -0.15) is 0 Å². The number of nitrogens with zero attached hydrogens (tertiary/aromatic N) is 6. The molecule has 0 saturated heterocycles. The van der Waals surface area contributed by atoms with E-state index in [-0.39, 0.29) is 85.8 Å². The van der Waals surface area contributed by atoms with Crippen LogP contribution in [0.2, 0.25) is 0 Å². The van der Waals surface area contributed by atoms with E-state index < -0.39 is 0 Å². The van der Waals surface area contributed by atoms with Gasteiger partial charge >= 0.3 is 0 Å². The third-order valence-corrected chi connectivity index (χ3v) is 19.8. The maximum Gasteiger partial charge on any atom is 0.0239 e. The Morgan fingerprint density at radius 2 is 0.647 bits per heavy atom. The van der Waals surface area contributed by atoms with E-state index in [0.29, 0.717) is 0 Å². The molecule has 0 spiro atoms. The van der Waals surface area contributed by atoms with Gasteiger partial charge in [-0.25, -0.2) is 0 Å². The molecule has 0 aliphatic heterocycles. The molecule has 10 heteroatoms. The minimum Gasteiger partial charge on any atom is -0.360 e. The van der Waals surface area contributed by atoms with Crippen LogP contribution in [0.5, 0.6) is 0 Å². The third kappa shape index (κ3) is 16.0. The number of pyridine rings is 6. The summed E-state index contributed by atoms with van der Waals surface area (Å²) in [5.74, 6) is 0. The Labute approximate surface area is 657 Å². The van der Waals surface area contributed by atoms with Crippen LogP contribution in [0, 0.1) is 79.7 Å². The fourth-order valence-corrected chi connectivity index (χ4v) is 14.2. The molecule has 4 radical (unpaired) electrons. The molecule has 14 rings (SSSR count). The molecule has 14 aromatic rings. The van der Waals surface area contributed by atoms with Crippen molar-refractivity contribution in [2.45, 2.75) is 94.4 Å². The maximum atomic E-state index is 4.77. The predicted octanol–water partition coefficient (Wildman–Crippen LogP) is 23.5. The van der Waals surface area contributed by atoms with Crippen molar-refractivity contribution in [3.05, 3.63) is 324 Å². The smallest absolute Gasteiger partial charge is 0.0239 e. The molecule has 0 atom stereocenters. The minimum atomic E-state index is 0. The van der Waals surface area contributed by atoms with Crippen molar-refractivity contribution < 1.29 is 80.4 Å². The van der Waals surface area contributed by atoms with Gasteiger partial charge in [0.05, 0.1) is 0 Å². The van der Waals surface area contributed by atoms with Gasteiger partial charge in [0, 0.05) is 105 Å². The molecule has 102 heavy (non-hydrogen) atoms. The molecule has 8 aromatic carbocycles. The largest absolute Gasteiger partial charge is 0.360 e.